The van der Waals surface area contributed by atoms with E-state index in [-0.39, 0.29) is 31.6 Å². The predicted molar refractivity (Wildman–Crippen MR) is 133 cm³/mol. The van der Waals surface area contributed by atoms with E-state index in [2.05, 4.69) is 55.0 Å². The molecule has 2 N–H and O–H groups in total. The van der Waals surface area contributed by atoms with Gasteiger partial charge in [0.1, 0.15) is 5.82 Å². The van der Waals surface area contributed by atoms with Crippen LogP contribution in [0.15, 0.2) is 17.4 Å². The molecular weight excluding hydrogens is 428 g/mol. The first-order valence-electron chi connectivity index (χ1n) is 11.8. The Hall–Kier alpha value is -3.76. The normalized spacial score (nSPS) is 10.2. The molecule has 0 fully saturated rings. The molecule has 10 nitrogen and oxygen atoms in total. The molecule has 0 heterocycles. The molecule has 0 radical (unpaired) electrons. The van der Waals surface area contributed by atoms with Crippen molar-refractivity contribution in [3.8, 4) is 24.3 Å². The van der Waals surface area contributed by atoms with Crippen molar-refractivity contribution in [2.45, 2.75) is 65.2 Å². The summed E-state index contributed by atoms with van der Waals surface area (Å²) in [7, 11) is 0. The van der Waals surface area contributed by atoms with Crippen molar-refractivity contribution in [1.29, 1.82) is 26.5 Å². The van der Waals surface area contributed by atoms with E-state index in [1.165, 1.54) is 0 Å². The molecule has 0 aliphatic heterocycles. The van der Waals surface area contributed by atoms with Crippen LogP contribution in [-0.4, -0.2) is 65.9 Å². The van der Waals surface area contributed by atoms with Gasteiger partial charge in [0.25, 0.3) is 0 Å². The van der Waals surface area contributed by atoms with E-state index in [0.717, 1.165) is 38.8 Å². The lowest BCUT2D eigenvalue weighted by Crippen LogP contribution is -2.47. The SMILES string of the molecule is C=C(NC(=NC(=N)N(CCCC)CCCC)N(CCC#N)CCC#N)N(CCC#N)CCC#N. The van der Waals surface area contributed by atoms with Crippen molar-refractivity contribution in [2.75, 3.05) is 39.3 Å². The van der Waals surface area contributed by atoms with Crippen LogP contribution in [-0.2, 0) is 0 Å². The summed E-state index contributed by atoms with van der Waals surface area (Å²) in [5, 5.41) is 48.0. The maximum atomic E-state index is 9.11. The largest absolute Gasteiger partial charge is 0.357 e. The van der Waals surface area contributed by atoms with E-state index >= 15 is 0 Å². The average Bonchev–Trinajstić information content (AvgIpc) is 2.83. The van der Waals surface area contributed by atoms with Gasteiger partial charge >= 0.3 is 0 Å². The molecule has 34 heavy (non-hydrogen) atoms. The van der Waals surface area contributed by atoms with Gasteiger partial charge in [0.15, 0.2) is 0 Å². The van der Waals surface area contributed by atoms with Gasteiger partial charge in [0.2, 0.25) is 11.9 Å². The van der Waals surface area contributed by atoms with E-state index in [9.17, 15) is 0 Å². The molecule has 0 bridgehead atoms. The second-order valence-electron chi connectivity index (χ2n) is 7.63. The van der Waals surface area contributed by atoms with E-state index in [4.69, 9.17) is 26.5 Å². The van der Waals surface area contributed by atoms with Gasteiger partial charge in [0.05, 0.1) is 50.0 Å². The summed E-state index contributed by atoms with van der Waals surface area (Å²) in [6.07, 6.45) is 4.89. The van der Waals surface area contributed by atoms with Gasteiger partial charge in [-0.15, -0.1) is 0 Å². The first-order chi connectivity index (χ1) is 16.5. The Kier molecular flexibility index (Phi) is 17.7. The quantitative estimate of drug-likeness (QED) is 0.259. The molecule has 0 atom stereocenters. The Balaban J connectivity index is 6.01. The van der Waals surface area contributed by atoms with Crippen LogP contribution in [0.1, 0.15) is 65.2 Å². The van der Waals surface area contributed by atoms with Crippen LogP contribution in [0, 0.1) is 50.7 Å². The lowest BCUT2D eigenvalue weighted by molar-refractivity contribution is 0.338. The molecule has 0 unspecified atom stereocenters. The molecule has 0 spiro atoms. The summed E-state index contributed by atoms with van der Waals surface area (Å²) in [5.74, 6) is 0.888. The summed E-state index contributed by atoms with van der Waals surface area (Å²) in [6, 6.07) is 8.44. The predicted octanol–water partition coefficient (Wildman–Crippen LogP) is 3.50. The van der Waals surface area contributed by atoms with Gasteiger partial charge < -0.3 is 20.0 Å². The van der Waals surface area contributed by atoms with Gasteiger partial charge in [0, 0.05) is 39.3 Å². The highest BCUT2D eigenvalue weighted by atomic mass is 15.4. The number of rotatable bonds is 16. The van der Waals surface area contributed by atoms with Gasteiger partial charge in [-0.1, -0.05) is 33.3 Å². The van der Waals surface area contributed by atoms with Crippen LogP contribution in [0.25, 0.3) is 0 Å². The molecule has 0 aliphatic carbocycles. The van der Waals surface area contributed by atoms with E-state index in [1.54, 1.807) is 9.80 Å². The number of aliphatic imine (C=N–C) groups is 1. The van der Waals surface area contributed by atoms with Gasteiger partial charge in [-0.2, -0.15) is 26.0 Å². The molecule has 184 valence electrons. The van der Waals surface area contributed by atoms with E-state index < -0.39 is 0 Å². The topological polar surface area (TPSA) is 153 Å². The lowest BCUT2D eigenvalue weighted by atomic mass is 10.3. The number of nitriles is 4. The number of guanidine groups is 2. The number of nitrogens with zero attached hydrogens (tertiary/aromatic N) is 8. The van der Waals surface area contributed by atoms with Gasteiger partial charge in [-0.05, 0) is 12.8 Å². The zero-order valence-corrected chi connectivity index (χ0v) is 20.7. The molecule has 0 saturated heterocycles. The highest BCUT2D eigenvalue weighted by molar-refractivity contribution is 5.94. The minimum Gasteiger partial charge on any atom is -0.357 e. The molecule has 0 aromatic carbocycles. The fourth-order valence-corrected chi connectivity index (χ4v) is 3.02. The van der Waals surface area contributed by atoms with Crippen molar-refractivity contribution in [2.24, 2.45) is 4.99 Å². The zero-order chi connectivity index (χ0) is 25.6. The summed E-state index contributed by atoms with van der Waals surface area (Å²) in [6.45, 7) is 11.2. The molecular formula is C24H38N10. The van der Waals surface area contributed by atoms with Crippen LogP contribution >= 0.6 is 0 Å². The molecule has 0 saturated carbocycles. The third-order valence-electron chi connectivity index (χ3n) is 4.99. The van der Waals surface area contributed by atoms with Crippen LogP contribution in [0.4, 0.5) is 0 Å². The number of unbranched alkanes of at least 4 members (excludes halogenated alkanes) is 2. The Labute approximate surface area is 204 Å². The standard InChI is InChI=1S/C24H38N10/c1-4-6-16-33(17-7-5-2)23(29)31-24(34(20-10-14-27)21-11-15-28)30-22(3)32(18-8-12-25)19-9-13-26/h3-11,16-21H2,1-2H3,(H2,29,30,31). The first-order valence-corrected chi connectivity index (χ1v) is 11.8. The summed E-state index contributed by atoms with van der Waals surface area (Å²) >= 11 is 0. The van der Waals surface area contributed by atoms with Crippen LogP contribution in [0.3, 0.4) is 0 Å². The van der Waals surface area contributed by atoms with Crippen molar-refractivity contribution >= 4 is 11.9 Å². The summed E-state index contributed by atoms with van der Waals surface area (Å²) in [5.41, 5.74) is 0. The third kappa shape index (κ3) is 12.9. The Morgan fingerprint density at radius 3 is 1.53 bits per heavy atom. The molecule has 0 aliphatic rings. The molecule has 0 aromatic rings. The first kappa shape index (κ1) is 30.2. The van der Waals surface area contributed by atoms with Crippen molar-refractivity contribution in [1.82, 2.24) is 20.0 Å². The average molecular weight is 467 g/mol. The van der Waals surface area contributed by atoms with Crippen LogP contribution < -0.4 is 5.32 Å². The smallest absolute Gasteiger partial charge is 0.221 e. The van der Waals surface area contributed by atoms with Crippen LogP contribution in [0.2, 0.25) is 0 Å². The maximum Gasteiger partial charge on any atom is 0.221 e. The Morgan fingerprint density at radius 2 is 1.15 bits per heavy atom. The zero-order valence-electron chi connectivity index (χ0n) is 20.7. The fraction of sp³-hybridized carbons (Fsp3) is 0.667. The van der Waals surface area contributed by atoms with Crippen molar-refractivity contribution < 1.29 is 0 Å². The van der Waals surface area contributed by atoms with Crippen LogP contribution in [0.5, 0.6) is 0 Å². The highest BCUT2D eigenvalue weighted by Gasteiger charge is 2.18. The number of hydrogen-bond acceptors (Lipinski definition) is 6. The Morgan fingerprint density at radius 1 is 0.735 bits per heavy atom. The Bertz CT molecular complexity index is 762. The minimum atomic E-state index is 0.108. The van der Waals surface area contributed by atoms with E-state index in [1.807, 2.05) is 4.90 Å². The lowest BCUT2D eigenvalue weighted by Gasteiger charge is -2.31. The monoisotopic (exact) mass is 466 g/mol. The number of nitrogens with one attached hydrogen (secondary N) is 2. The summed E-state index contributed by atoms with van der Waals surface area (Å²) < 4.78 is 0. The van der Waals surface area contributed by atoms with Gasteiger partial charge in [-0.25, -0.2) is 0 Å². The third-order valence-corrected chi connectivity index (χ3v) is 4.99. The van der Waals surface area contributed by atoms with Crippen molar-refractivity contribution in [3.63, 3.8) is 0 Å². The van der Waals surface area contributed by atoms with Crippen molar-refractivity contribution in [3.05, 3.63) is 12.4 Å². The molecule has 10 heteroatoms. The second-order valence-corrected chi connectivity index (χ2v) is 7.63. The van der Waals surface area contributed by atoms with E-state index in [0.29, 0.717) is 38.0 Å². The molecule has 0 rings (SSSR count). The van der Waals surface area contributed by atoms with Gasteiger partial charge in [-0.3, -0.25) is 5.41 Å². The fourth-order valence-electron chi connectivity index (χ4n) is 3.02. The number of hydrogen-bond donors (Lipinski definition) is 2. The maximum absolute atomic E-state index is 9.11. The highest BCUT2D eigenvalue weighted by Crippen LogP contribution is 2.07. The summed E-state index contributed by atoms with van der Waals surface area (Å²) in [4.78, 5) is 10.1. The minimum absolute atomic E-state index is 0.108. The molecule has 0 aromatic heterocycles. The molecule has 0 amide bonds. The second kappa shape index (κ2) is 19.9.